The van der Waals surface area contributed by atoms with Crippen LogP contribution in [0.25, 0.3) is 0 Å². The van der Waals surface area contributed by atoms with E-state index in [-0.39, 0.29) is 6.04 Å². The average Bonchev–Trinajstić information content (AvgIpc) is 2.98. The first-order valence-corrected chi connectivity index (χ1v) is 9.14. The fourth-order valence-electron chi connectivity index (χ4n) is 2.98. The molecule has 0 N–H and O–H groups in total. The van der Waals surface area contributed by atoms with Crippen LogP contribution < -0.4 is 0 Å². The van der Waals surface area contributed by atoms with E-state index in [1.165, 1.54) is 0 Å². The maximum Gasteiger partial charge on any atom is 0.243 e. The van der Waals surface area contributed by atoms with Gasteiger partial charge in [0.25, 0.3) is 0 Å². The minimum atomic E-state index is -3.49. The lowest BCUT2D eigenvalue weighted by Crippen LogP contribution is -2.30. The van der Waals surface area contributed by atoms with Crippen LogP contribution in [0.15, 0.2) is 53.4 Å². The van der Waals surface area contributed by atoms with Gasteiger partial charge in [-0.3, -0.25) is 0 Å². The van der Waals surface area contributed by atoms with Gasteiger partial charge in [0.15, 0.2) is 0 Å². The summed E-state index contributed by atoms with van der Waals surface area (Å²) in [6.45, 7) is 2.58. The second-order valence-electron chi connectivity index (χ2n) is 5.64. The molecule has 1 fully saturated rings. The summed E-state index contributed by atoms with van der Waals surface area (Å²) in [5, 5.41) is 0.538. The van der Waals surface area contributed by atoms with E-state index in [0.29, 0.717) is 16.5 Å². The first-order valence-electron chi connectivity index (χ1n) is 7.32. The Morgan fingerprint density at radius 1 is 1.14 bits per heavy atom. The number of benzene rings is 2. The van der Waals surface area contributed by atoms with Crippen molar-refractivity contribution in [2.75, 3.05) is 6.54 Å². The standard InChI is InChI=1S/C17H18ClNO2S/c1-13-4-2-5-14(12-13)17-6-3-11-19(17)22(20,21)16-9-7-15(18)8-10-16/h2,4-5,7-10,12,17H,3,6,11H2,1H3. The van der Waals surface area contributed by atoms with Crippen LogP contribution in [-0.2, 0) is 10.0 Å². The van der Waals surface area contributed by atoms with Gasteiger partial charge in [-0.05, 0) is 49.6 Å². The first kappa shape index (κ1) is 15.5. The molecule has 0 aromatic heterocycles. The van der Waals surface area contributed by atoms with Crippen LogP contribution in [0.5, 0.6) is 0 Å². The third-order valence-electron chi connectivity index (χ3n) is 4.05. The van der Waals surface area contributed by atoms with Crippen molar-refractivity contribution in [1.29, 1.82) is 0 Å². The molecule has 0 spiro atoms. The van der Waals surface area contributed by atoms with Crippen molar-refractivity contribution in [3.63, 3.8) is 0 Å². The monoisotopic (exact) mass is 335 g/mol. The molecule has 3 rings (SSSR count). The van der Waals surface area contributed by atoms with Crippen molar-refractivity contribution in [2.45, 2.75) is 30.7 Å². The zero-order valence-electron chi connectivity index (χ0n) is 12.4. The van der Waals surface area contributed by atoms with Gasteiger partial charge in [-0.1, -0.05) is 41.4 Å². The second-order valence-corrected chi connectivity index (χ2v) is 7.97. The van der Waals surface area contributed by atoms with Crippen LogP contribution >= 0.6 is 11.6 Å². The molecule has 1 saturated heterocycles. The Hall–Kier alpha value is -1.36. The third-order valence-corrected chi connectivity index (χ3v) is 6.23. The van der Waals surface area contributed by atoms with Crippen LogP contribution in [0, 0.1) is 6.92 Å². The third kappa shape index (κ3) is 2.91. The lowest BCUT2D eigenvalue weighted by atomic mass is 10.0. The van der Waals surface area contributed by atoms with Crippen LogP contribution in [0.3, 0.4) is 0 Å². The molecule has 1 atom stereocenters. The number of hydrogen-bond acceptors (Lipinski definition) is 2. The van der Waals surface area contributed by atoms with Crippen molar-refractivity contribution in [2.24, 2.45) is 0 Å². The Bertz CT molecular complexity index is 772. The molecular weight excluding hydrogens is 318 g/mol. The SMILES string of the molecule is Cc1cccc(C2CCCN2S(=O)(=O)c2ccc(Cl)cc2)c1. The van der Waals surface area contributed by atoms with Crippen LogP contribution in [0.1, 0.15) is 30.0 Å². The summed E-state index contributed by atoms with van der Waals surface area (Å²) in [5.41, 5.74) is 2.21. The highest BCUT2D eigenvalue weighted by atomic mass is 35.5. The predicted octanol–water partition coefficient (Wildman–Crippen LogP) is 4.17. The molecule has 0 aliphatic carbocycles. The highest BCUT2D eigenvalue weighted by molar-refractivity contribution is 7.89. The first-order chi connectivity index (χ1) is 10.5. The van der Waals surface area contributed by atoms with Gasteiger partial charge in [0.2, 0.25) is 10.0 Å². The van der Waals surface area contributed by atoms with Crippen molar-refractivity contribution < 1.29 is 8.42 Å². The second kappa shape index (κ2) is 6.03. The molecule has 2 aromatic rings. The minimum Gasteiger partial charge on any atom is -0.207 e. The number of rotatable bonds is 3. The van der Waals surface area contributed by atoms with E-state index < -0.39 is 10.0 Å². The minimum absolute atomic E-state index is 0.0828. The molecule has 3 nitrogen and oxygen atoms in total. The summed E-state index contributed by atoms with van der Waals surface area (Å²) in [7, 11) is -3.49. The molecule has 5 heteroatoms. The van der Waals surface area contributed by atoms with Crippen LogP contribution in [0.4, 0.5) is 0 Å². The van der Waals surface area contributed by atoms with Crippen molar-refractivity contribution in [3.8, 4) is 0 Å². The number of nitrogens with zero attached hydrogens (tertiary/aromatic N) is 1. The van der Waals surface area contributed by atoms with E-state index in [2.05, 4.69) is 6.07 Å². The Morgan fingerprint density at radius 2 is 1.86 bits per heavy atom. The number of hydrogen-bond donors (Lipinski definition) is 0. The van der Waals surface area contributed by atoms with E-state index in [9.17, 15) is 8.42 Å². The molecule has 1 aliphatic rings. The van der Waals surface area contributed by atoms with E-state index in [1.807, 2.05) is 25.1 Å². The molecule has 0 amide bonds. The summed E-state index contributed by atoms with van der Waals surface area (Å²) in [5.74, 6) is 0. The summed E-state index contributed by atoms with van der Waals surface area (Å²) < 4.78 is 27.4. The Morgan fingerprint density at radius 3 is 2.55 bits per heavy atom. The molecule has 22 heavy (non-hydrogen) atoms. The van der Waals surface area contributed by atoms with E-state index in [1.54, 1.807) is 28.6 Å². The summed E-state index contributed by atoms with van der Waals surface area (Å²) in [4.78, 5) is 0.302. The summed E-state index contributed by atoms with van der Waals surface area (Å²) in [6, 6.07) is 14.4. The van der Waals surface area contributed by atoms with Gasteiger partial charge < -0.3 is 0 Å². The van der Waals surface area contributed by atoms with Gasteiger partial charge in [-0.15, -0.1) is 0 Å². The van der Waals surface area contributed by atoms with Crippen LogP contribution in [-0.4, -0.2) is 19.3 Å². The molecular formula is C17H18ClNO2S. The molecule has 0 radical (unpaired) electrons. The molecule has 0 bridgehead atoms. The molecule has 0 saturated carbocycles. The van der Waals surface area contributed by atoms with Gasteiger partial charge >= 0.3 is 0 Å². The smallest absolute Gasteiger partial charge is 0.207 e. The Labute approximate surface area is 136 Å². The van der Waals surface area contributed by atoms with E-state index in [4.69, 9.17) is 11.6 Å². The number of halogens is 1. The maximum absolute atomic E-state index is 12.9. The molecule has 2 aromatic carbocycles. The molecule has 1 aliphatic heterocycles. The molecule has 1 unspecified atom stereocenters. The van der Waals surface area contributed by atoms with Gasteiger partial charge in [-0.25, -0.2) is 8.42 Å². The molecule has 1 heterocycles. The average molecular weight is 336 g/mol. The number of sulfonamides is 1. The van der Waals surface area contributed by atoms with Crippen molar-refractivity contribution in [1.82, 2.24) is 4.31 Å². The Kier molecular flexibility index (Phi) is 4.26. The van der Waals surface area contributed by atoms with Crippen molar-refractivity contribution in [3.05, 3.63) is 64.7 Å². The summed E-state index contributed by atoms with van der Waals surface area (Å²) >= 11 is 5.85. The lowest BCUT2D eigenvalue weighted by molar-refractivity contribution is 0.396. The van der Waals surface area contributed by atoms with Crippen molar-refractivity contribution >= 4 is 21.6 Å². The van der Waals surface area contributed by atoms with Gasteiger partial charge in [0.05, 0.1) is 10.9 Å². The lowest BCUT2D eigenvalue weighted by Gasteiger charge is -2.24. The quantitative estimate of drug-likeness (QED) is 0.844. The highest BCUT2D eigenvalue weighted by Crippen LogP contribution is 2.36. The zero-order chi connectivity index (χ0) is 15.7. The fourth-order valence-corrected chi connectivity index (χ4v) is 4.79. The zero-order valence-corrected chi connectivity index (χ0v) is 13.9. The Balaban J connectivity index is 1.97. The van der Waals surface area contributed by atoms with Gasteiger partial charge in [-0.2, -0.15) is 4.31 Å². The fraction of sp³-hybridized carbons (Fsp3) is 0.294. The van der Waals surface area contributed by atoms with Crippen LogP contribution in [0.2, 0.25) is 5.02 Å². The maximum atomic E-state index is 12.9. The predicted molar refractivity (Wildman–Crippen MR) is 88.5 cm³/mol. The number of aryl methyl sites for hydroxylation is 1. The van der Waals surface area contributed by atoms with E-state index in [0.717, 1.165) is 24.0 Å². The van der Waals surface area contributed by atoms with Gasteiger partial charge in [0.1, 0.15) is 0 Å². The molecule has 116 valence electrons. The highest BCUT2D eigenvalue weighted by Gasteiger charge is 2.36. The largest absolute Gasteiger partial charge is 0.243 e. The van der Waals surface area contributed by atoms with E-state index >= 15 is 0 Å². The normalized spacial score (nSPS) is 19.5. The van der Waals surface area contributed by atoms with Gasteiger partial charge in [0, 0.05) is 11.6 Å². The summed E-state index contributed by atoms with van der Waals surface area (Å²) in [6.07, 6.45) is 1.74. The topological polar surface area (TPSA) is 37.4 Å².